The molecule has 0 amide bonds. The summed E-state index contributed by atoms with van der Waals surface area (Å²) in [5.74, 6) is 0.883. The maximum absolute atomic E-state index is 4.47. The molecule has 0 aliphatic heterocycles. The van der Waals surface area contributed by atoms with Crippen molar-refractivity contribution in [2.45, 2.75) is 39.2 Å². The van der Waals surface area contributed by atoms with Gasteiger partial charge in [-0.3, -0.25) is 9.89 Å². The lowest BCUT2D eigenvalue weighted by molar-refractivity contribution is 0.282. The first-order valence-corrected chi connectivity index (χ1v) is 8.70. The van der Waals surface area contributed by atoms with Crippen LogP contribution in [0.4, 0.5) is 0 Å². The van der Waals surface area contributed by atoms with E-state index >= 15 is 0 Å². The second kappa shape index (κ2) is 10.4. The molecule has 0 radical (unpaired) electrons. The number of rotatable bonds is 8. The van der Waals surface area contributed by atoms with E-state index in [0.29, 0.717) is 0 Å². The number of hydrogen-bond donors (Lipinski definition) is 2. The van der Waals surface area contributed by atoms with Crippen LogP contribution in [0.25, 0.3) is 0 Å². The Morgan fingerprint density at radius 2 is 2.14 bits per heavy atom. The van der Waals surface area contributed by atoms with Gasteiger partial charge in [-0.2, -0.15) is 0 Å². The van der Waals surface area contributed by atoms with Gasteiger partial charge in [-0.1, -0.05) is 6.92 Å². The first-order valence-electron chi connectivity index (χ1n) is 7.82. The smallest absolute Gasteiger partial charge is 0.191 e. The highest BCUT2D eigenvalue weighted by Gasteiger charge is 2.27. The fraction of sp³-hybridized carbons (Fsp3) is 0.733. The average Bonchev–Trinajstić information content (AvgIpc) is 3.24. The van der Waals surface area contributed by atoms with Crippen molar-refractivity contribution in [3.8, 4) is 0 Å². The van der Waals surface area contributed by atoms with Gasteiger partial charge in [-0.05, 0) is 26.3 Å². The molecule has 7 heteroatoms. The maximum Gasteiger partial charge on any atom is 0.191 e. The molecule has 1 aliphatic rings. The van der Waals surface area contributed by atoms with Gasteiger partial charge in [0.25, 0.3) is 0 Å². The van der Waals surface area contributed by atoms with E-state index in [-0.39, 0.29) is 24.0 Å². The molecule has 126 valence electrons. The number of guanidine groups is 1. The fourth-order valence-electron chi connectivity index (χ4n) is 2.41. The number of likely N-dealkylation sites (N-methyl/N-ethyl adjacent to an activating group) is 1. The summed E-state index contributed by atoms with van der Waals surface area (Å²) >= 11 is 1.71. The van der Waals surface area contributed by atoms with Gasteiger partial charge >= 0.3 is 0 Å². The van der Waals surface area contributed by atoms with E-state index in [9.17, 15) is 0 Å². The Kier molecular flexibility index (Phi) is 9.27. The van der Waals surface area contributed by atoms with E-state index in [4.69, 9.17) is 0 Å². The highest BCUT2D eigenvalue weighted by molar-refractivity contribution is 14.0. The second-order valence-corrected chi connectivity index (χ2v) is 6.46. The minimum absolute atomic E-state index is 0. The summed E-state index contributed by atoms with van der Waals surface area (Å²) in [7, 11) is 1.82. The van der Waals surface area contributed by atoms with Crippen molar-refractivity contribution in [2.75, 3.05) is 33.2 Å². The highest BCUT2D eigenvalue weighted by atomic mass is 127. The molecule has 0 unspecified atom stereocenters. The zero-order chi connectivity index (χ0) is 15.1. The summed E-state index contributed by atoms with van der Waals surface area (Å²) in [4.78, 5) is 11.3. The Hall–Kier alpha value is -0.410. The molecule has 1 aromatic rings. The van der Waals surface area contributed by atoms with Crippen molar-refractivity contribution in [2.24, 2.45) is 4.99 Å². The first-order chi connectivity index (χ1) is 10.2. The van der Waals surface area contributed by atoms with E-state index < -0.39 is 0 Å². The zero-order valence-electron chi connectivity index (χ0n) is 13.8. The molecule has 1 fully saturated rings. The number of aryl methyl sites for hydroxylation is 1. The normalized spacial score (nSPS) is 14.8. The van der Waals surface area contributed by atoms with E-state index in [1.807, 2.05) is 14.0 Å². The Bertz CT molecular complexity index is 459. The molecule has 22 heavy (non-hydrogen) atoms. The molecule has 2 rings (SSSR count). The number of hydrogen-bond acceptors (Lipinski definition) is 4. The summed E-state index contributed by atoms with van der Waals surface area (Å²) in [5.41, 5.74) is 1.16. The molecule has 1 saturated carbocycles. The Morgan fingerprint density at radius 3 is 2.68 bits per heavy atom. The third-order valence-electron chi connectivity index (χ3n) is 3.72. The molecule has 0 aromatic carbocycles. The van der Waals surface area contributed by atoms with Crippen molar-refractivity contribution in [3.05, 3.63) is 16.1 Å². The average molecular weight is 437 g/mol. The van der Waals surface area contributed by atoms with Gasteiger partial charge in [0.2, 0.25) is 0 Å². The number of thiazole rings is 1. The molecular weight excluding hydrogens is 409 g/mol. The maximum atomic E-state index is 4.47. The number of aliphatic imine (C=N–C) groups is 1. The molecule has 1 aliphatic carbocycles. The molecule has 2 N–H and O–H groups in total. The van der Waals surface area contributed by atoms with Gasteiger partial charge in [0.1, 0.15) is 0 Å². The Labute approximate surface area is 155 Å². The number of halogens is 1. The van der Waals surface area contributed by atoms with Crippen molar-refractivity contribution < 1.29 is 0 Å². The van der Waals surface area contributed by atoms with Gasteiger partial charge in [-0.25, -0.2) is 4.98 Å². The Morgan fingerprint density at radius 1 is 1.41 bits per heavy atom. The minimum atomic E-state index is 0. The van der Waals surface area contributed by atoms with Crippen LogP contribution in [0.5, 0.6) is 0 Å². The third kappa shape index (κ3) is 6.78. The number of nitrogens with zero attached hydrogens (tertiary/aromatic N) is 3. The summed E-state index contributed by atoms with van der Waals surface area (Å²) in [6, 6.07) is 0.833. The SMILES string of the molecule is CCN(CCNC(=NC)NCCc1csc(C)n1)C1CC1.I. The molecule has 0 saturated heterocycles. The fourth-order valence-corrected chi connectivity index (χ4v) is 3.06. The first kappa shape index (κ1) is 19.6. The van der Waals surface area contributed by atoms with Crippen LogP contribution in [0.3, 0.4) is 0 Å². The summed E-state index contributed by atoms with van der Waals surface area (Å²) in [6.45, 7) is 8.32. The largest absolute Gasteiger partial charge is 0.356 e. The third-order valence-corrected chi connectivity index (χ3v) is 4.55. The van der Waals surface area contributed by atoms with E-state index in [2.05, 4.69) is 37.8 Å². The molecule has 1 heterocycles. The van der Waals surface area contributed by atoms with Crippen LogP contribution >= 0.6 is 35.3 Å². The summed E-state index contributed by atoms with van der Waals surface area (Å²) < 4.78 is 0. The predicted molar refractivity (Wildman–Crippen MR) is 106 cm³/mol. The minimum Gasteiger partial charge on any atom is -0.356 e. The lowest BCUT2D eigenvalue weighted by Gasteiger charge is -2.20. The van der Waals surface area contributed by atoms with Crippen LogP contribution in [0.1, 0.15) is 30.5 Å². The van der Waals surface area contributed by atoms with Gasteiger partial charge < -0.3 is 10.6 Å². The van der Waals surface area contributed by atoms with Crippen LogP contribution in [-0.4, -0.2) is 55.1 Å². The summed E-state index contributed by atoms with van der Waals surface area (Å²) in [6.07, 6.45) is 3.68. The van der Waals surface area contributed by atoms with Gasteiger partial charge in [0.15, 0.2) is 5.96 Å². The lowest BCUT2D eigenvalue weighted by atomic mass is 10.3. The van der Waals surface area contributed by atoms with E-state index in [1.165, 1.54) is 12.8 Å². The van der Waals surface area contributed by atoms with Crippen molar-refractivity contribution in [1.82, 2.24) is 20.5 Å². The van der Waals surface area contributed by atoms with Crippen molar-refractivity contribution in [3.63, 3.8) is 0 Å². The topological polar surface area (TPSA) is 52.5 Å². The zero-order valence-corrected chi connectivity index (χ0v) is 16.9. The van der Waals surface area contributed by atoms with E-state index in [0.717, 1.165) is 55.3 Å². The quantitative estimate of drug-likeness (QED) is 0.372. The van der Waals surface area contributed by atoms with Crippen LogP contribution in [0.2, 0.25) is 0 Å². The molecular formula is C15H28IN5S. The second-order valence-electron chi connectivity index (χ2n) is 5.39. The highest BCUT2D eigenvalue weighted by Crippen LogP contribution is 2.25. The van der Waals surface area contributed by atoms with Crippen LogP contribution in [-0.2, 0) is 6.42 Å². The van der Waals surface area contributed by atoms with Crippen LogP contribution in [0, 0.1) is 6.92 Å². The molecule has 0 spiro atoms. The standard InChI is InChI=1S/C15H27N5S.HI/c1-4-20(14-5-6-14)10-9-18-15(16-3)17-8-7-13-11-21-12(2)19-13;/h11,14H,4-10H2,1-3H3,(H2,16,17,18);1H. The molecule has 1 aromatic heterocycles. The molecule has 5 nitrogen and oxygen atoms in total. The van der Waals surface area contributed by atoms with E-state index in [1.54, 1.807) is 11.3 Å². The van der Waals surface area contributed by atoms with Gasteiger partial charge in [0, 0.05) is 44.5 Å². The van der Waals surface area contributed by atoms with Crippen LogP contribution < -0.4 is 10.6 Å². The van der Waals surface area contributed by atoms with Crippen molar-refractivity contribution >= 4 is 41.3 Å². The monoisotopic (exact) mass is 437 g/mol. The van der Waals surface area contributed by atoms with Crippen LogP contribution in [0.15, 0.2) is 10.4 Å². The Balaban J connectivity index is 0.00000242. The number of aromatic nitrogens is 1. The van der Waals surface area contributed by atoms with Gasteiger partial charge in [-0.15, -0.1) is 35.3 Å². The predicted octanol–water partition coefficient (Wildman–Crippen LogP) is 2.26. The number of nitrogens with one attached hydrogen (secondary N) is 2. The summed E-state index contributed by atoms with van der Waals surface area (Å²) in [5, 5.41) is 10.00. The molecule has 0 bridgehead atoms. The molecule has 0 atom stereocenters. The lowest BCUT2D eigenvalue weighted by Crippen LogP contribution is -2.42. The van der Waals surface area contributed by atoms with Crippen molar-refractivity contribution in [1.29, 1.82) is 0 Å². The van der Waals surface area contributed by atoms with Gasteiger partial charge in [0.05, 0.1) is 10.7 Å².